The standard InChI is InChI=1S/C11H13Cl3N2O2/c1-16(2-3-17)6-10(18)15-11-8(13)4-7(12)5-9(11)14/h4-5,17H,2-3,6H2,1H3,(H,15,18). The molecular formula is C11H13Cl3N2O2. The van der Waals surface area contributed by atoms with E-state index in [4.69, 9.17) is 39.9 Å². The number of anilines is 1. The monoisotopic (exact) mass is 310 g/mol. The summed E-state index contributed by atoms with van der Waals surface area (Å²) < 4.78 is 0. The number of likely N-dealkylation sites (N-methyl/N-ethyl adjacent to an activating group) is 1. The van der Waals surface area contributed by atoms with Crippen molar-refractivity contribution in [3.05, 3.63) is 27.2 Å². The first kappa shape index (κ1) is 15.5. The smallest absolute Gasteiger partial charge is 0.238 e. The number of amides is 1. The molecule has 0 aliphatic rings. The Bertz CT molecular complexity index is 417. The van der Waals surface area contributed by atoms with Crippen LogP contribution in [-0.4, -0.2) is 42.7 Å². The average Bonchev–Trinajstić information content (AvgIpc) is 2.23. The van der Waals surface area contributed by atoms with Crippen molar-refractivity contribution in [1.29, 1.82) is 0 Å². The van der Waals surface area contributed by atoms with Gasteiger partial charge in [0.25, 0.3) is 0 Å². The third kappa shape index (κ3) is 4.63. The van der Waals surface area contributed by atoms with Crippen LogP contribution in [0.5, 0.6) is 0 Å². The Morgan fingerprint density at radius 2 is 1.89 bits per heavy atom. The predicted molar refractivity (Wildman–Crippen MR) is 74.7 cm³/mol. The number of nitrogens with one attached hydrogen (secondary N) is 1. The van der Waals surface area contributed by atoms with Crippen LogP contribution in [0.1, 0.15) is 0 Å². The molecule has 100 valence electrons. The lowest BCUT2D eigenvalue weighted by Gasteiger charge is -2.15. The number of rotatable bonds is 5. The van der Waals surface area contributed by atoms with Gasteiger partial charge in [0.05, 0.1) is 28.9 Å². The van der Waals surface area contributed by atoms with Gasteiger partial charge in [0, 0.05) is 11.6 Å². The second-order valence-corrected chi connectivity index (χ2v) is 5.00. The maximum absolute atomic E-state index is 11.7. The van der Waals surface area contributed by atoms with Gasteiger partial charge in [0.1, 0.15) is 0 Å². The van der Waals surface area contributed by atoms with Crippen LogP contribution in [-0.2, 0) is 4.79 Å². The van der Waals surface area contributed by atoms with Crippen LogP contribution in [0.4, 0.5) is 5.69 Å². The highest BCUT2D eigenvalue weighted by atomic mass is 35.5. The molecule has 0 aliphatic heterocycles. The van der Waals surface area contributed by atoms with Crippen molar-refractivity contribution in [3.63, 3.8) is 0 Å². The highest BCUT2D eigenvalue weighted by Crippen LogP contribution is 2.33. The van der Waals surface area contributed by atoms with E-state index in [1.807, 2.05) is 0 Å². The normalized spacial score (nSPS) is 10.8. The quantitative estimate of drug-likeness (QED) is 0.878. The van der Waals surface area contributed by atoms with E-state index in [0.29, 0.717) is 17.3 Å². The zero-order valence-corrected chi connectivity index (χ0v) is 12.0. The van der Waals surface area contributed by atoms with Gasteiger partial charge >= 0.3 is 0 Å². The number of hydrogen-bond acceptors (Lipinski definition) is 3. The Balaban J connectivity index is 2.70. The summed E-state index contributed by atoms with van der Waals surface area (Å²) in [5.41, 5.74) is 0.338. The van der Waals surface area contributed by atoms with Crippen LogP contribution >= 0.6 is 34.8 Å². The van der Waals surface area contributed by atoms with Crippen molar-refractivity contribution in [2.24, 2.45) is 0 Å². The Labute approximate surface area is 120 Å². The van der Waals surface area contributed by atoms with Gasteiger partial charge in [-0.1, -0.05) is 34.8 Å². The first-order chi connectivity index (χ1) is 8.43. The summed E-state index contributed by atoms with van der Waals surface area (Å²) in [6.07, 6.45) is 0. The molecule has 0 atom stereocenters. The van der Waals surface area contributed by atoms with Gasteiger partial charge < -0.3 is 10.4 Å². The summed E-state index contributed by atoms with van der Waals surface area (Å²) in [6.45, 7) is 0.539. The fourth-order valence-corrected chi connectivity index (χ4v) is 2.25. The van der Waals surface area contributed by atoms with Crippen molar-refractivity contribution >= 4 is 46.4 Å². The summed E-state index contributed by atoms with van der Waals surface area (Å²) >= 11 is 17.6. The molecule has 0 aliphatic carbocycles. The SMILES string of the molecule is CN(CCO)CC(=O)Nc1c(Cl)cc(Cl)cc1Cl. The minimum absolute atomic E-state index is 0.00770. The van der Waals surface area contributed by atoms with E-state index in [1.54, 1.807) is 11.9 Å². The number of carbonyl (C=O) groups is 1. The summed E-state index contributed by atoms with van der Waals surface area (Å²) in [6, 6.07) is 3.00. The molecular weight excluding hydrogens is 298 g/mol. The molecule has 2 N–H and O–H groups in total. The predicted octanol–water partition coefficient (Wildman–Crippen LogP) is 2.51. The maximum Gasteiger partial charge on any atom is 0.238 e. The van der Waals surface area contributed by atoms with E-state index >= 15 is 0 Å². The molecule has 0 spiro atoms. The third-order valence-corrected chi connectivity index (χ3v) is 2.98. The minimum atomic E-state index is -0.267. The lowest BCUT2D eigenvalue weighted by molar-refractivity contribution is -0.117. The van der Waals surface area contributed by atoms with Gasteiger partial charge in [-0.3, -0.25) is 9.69 Å². The lowest BCUT2D eigenvalue weighted by atomic mass is 10.3. The minimum Gasteiger partial charge on any atom is -0.395 e. The molecule has 1 rings (SSSR count). The van der Waals surface area contributed by atoms with Crippen molar-refractivity contribution in [3.8, 4) is 0 Å². The molecule has 7 heteroatoms. The first-order valence-electron chi connectivity index (χ1n) is 5.18. The zero-order chi connectivity index (χ0) is 13.7. The molecule has 0 radical (unpaired) electrons. The molecule has 0 bridgehead atoms. The van der Waals surface area contributed by atoms with E-state index in [0.717, 1.165) is 0 Å². The van der Waals surface area contributed by atoms with Crippen LogP contribution in [0.25, 0.3) is 0 Å². The number of nitrogens with zero attached hydrogens (tertiary/aromatic N) is 1. The highest BCUT2D eigenvalue weighted by molar-refractivity contribution is 6.42. The number of aliphatic hydroxyl groups excluding tert-OH is 1. The van der Waals surface area contributed by atoms with Crippen LogP contribution in [0.2, 0.25) is 15.1 Å². The molecule has 4 nitrogen and oxygen atoms in total. The number of hydrogen-bond donors (Lipinski definition) is 2. The summed E-state index contributed by atoms with van der Waals surface area (Å²) in [4.78, 5) is 13.4. The van der Waals surface area contributed by atoms with Gasteiger partial charge in [0.15, 0.2) is 0 Å². The molecule has 18 heavy (non-hydrogen) atoms. The Morgan fingerprint density at radius 1 is 1.33 bits per heavy atom. The van der Waals surface area contributed by atoms with E-state index in [2.05, 4.69) is 5.32 Å². The van der Waals surface area contributed by atoms with Crippen molar-refractivity contribution in [2.75, 3.05) is 32.1 Å². The molecule has 0 unspecified atom stereocenters. The lowest BCUT2D eigenvalue weighted by Crippen LogP contribution is -2.32. The molecule has 1 aromatic carbocycles. The topological polar surface area (TPSA) is 52.6 Å². The third-order valence-electron chi connectivity index (χ3n) is 2.17. The average molecular weight is 312 g/mol. The highest BCUT2D eigenvalue weighted by Gasteiger charge is 2.12. The number of benzene rings is 1. The van der Waals surface area contributed by atoms with E-state index < -0.39 is 0 Å². The second-order valence-electron chi connectivity index (χ2n) is 3.75. The zero-order valence-electron chi connectivity index (χ0n) is 9.71. The van der Waals surface area contributed by atoms with Gasteiger partial charge in [-0.2, -0.15) is 0 Å². The van der Waals surface area contributed by atoms with Crippen molar-refractivity contribution in [1.82, 2.24) is 4.90 Å². The number of carbonyl (C=O) groups excluding carboxylic acids is 1. The van der Waals surface area contributed by atoms with Gasteiger partial charge in [-0.25, -0.2) is 0 Å². The molecule has 0 fully saturated rings. The molecule has 0 saturated heterocycles. The fourth-order valence-electron chi connectivity index (χ4n) is 1.34. The van der Waals surface area contributed by atoms with Crippen LogP contribution in [0, 0.1) is 0 Å². The van der Waals surface area contributed by atoms with Gasteiger partial charge in [-0.15, -0.1) is 0 Å². The van der Waals surface area contributed by atoms with E-state index in [1.165, 1.54) is 12.1 Å². The van der Waals surface area contributed by atoms with Crippen molar-refractivity contribution in [2.45, 2.75) is 0 Å². The first-order valence-corrected chi connectivity index (χ1v) is 6.31. The Hall–Kier alpha value is -0.520. The molecule has 0 heterocycles. The van der Waals surface area contributed by atoms with Gasteiger partial charge in [0.2, 0.25) is 5.91 Å². The second kappa shape index (κ2) is 7.16. The fraction of sp³-hybridized carbons (Fsp3) is 0.364. The summed E-state index contributed by atoms with van der Waals surface area (Å²) in [7, 11) is 1.72. The Morgan fingerprint density at radius 3 is 2.39 bits per heavy atom. The molecule has 1 amide bonds. The summed E-state index contributed by atoms with van der Waals surface area (Å²) in [5, 5.41) is 12.3. The Kier molecular flexibility index (Phi) is 6.18. The largest absolute Gasteiger partial charge is 0.395 e. The van der Waals surface area contributed by atoms with Crippen molar-refractivity contribution < 1.29 is 9.90 Å². The van der Waals surface area contributed by atoms with E-state index in [9.17, 15) is 4.79 Å². The number of halogens is 3. The van der Waals surface area contributed by atoms with Crippen LogP contribution < -0.4 is 5.32 Å². The maximum atomic E-state index is 11.7. The van der Waals surface area contributed by atoms with Gasteiger partial charge in [-0.05, 0) is 19.2 Å². The molecule has 0 aromatic heterocycles. The molecule has 1 aromatic rings. The van der Waals surface area contributed by atoms with E-state index in [-0.39, 0.29) is 29.1 Å². The summed E-state index contributed by atoms with van der Waals surface area (Å²) in [5.74, 6) is -0.267. The molecule has 0 saturated carbocycles. The number of aliphatic hydroxyl groups is 1. The van der Waals surface area contributed by atoms with Crippen LogP contribution in [0.3, 0.4) is 0 Å². The van der Waals surface area contributed by atoms with Crippen LogP contribution in [0.15, 0.2) is 12.1 Å².